The van der Waals surface area contributed by atoms with E-state index < -0.39 is 27.8 Å². The first-order valence-electron chi connectivity index (χ1n) is 7.23. The van der Waals surface area contributed by atoms with Gasteiger partial charge in [-0.2, -0.15) is 0 Å². The third-order valence-corrected chi connectivity index (χ3v) is 6.60. The number of carbonyl (C=O) groups is 2. The number of thioether (sulfide) groups is 1. The second-order valence-electron chi connectivity index (χ2n) is 5.32. The molecule has 0 aromatic heterocycles. The van der Waals surface area contributed by atoms with Crippen LogP contribution in [0.4, 0.5) is 5.69 Å². The van der Waals surface area contributed by atoms with E-state index in [4.69, 9.17) is 4.74 Å². The van der Waals surface area contributed by atoms with Crippen molar-refractivity contribution in [2.45, 2.75) is 24.7 Å². The van der Waals surface area contributed by atoms with Crippen molar-refractivity contribution in [3.8, 4) is 0 Å². The van der Waals surface area contributed by atoms with Gasteiger partial charge in [0.2, 0.25) is 0 Å². The number of hydrogen-bond donors (Lipinski definition) is 1. The largest absolute Gasteiger partial charge is 0.452 e. The smallest absolute Gasteiger partial charge is 0.316 e. The van der Waals surface area contributed by atoms with Crippen molar-refractivity contribution < 1.29 is 22.7 Å². The van der Waals surface area contributed by atoms with Gasteiger partial charge in [0.1, 0.15) is 0 Å². The average Bonchev–Trinajstić information content (AvgIpc) is 2.85. The van der Waals surface area contributed by atoms with Crippen molar-refractivity contribution in [3.05, 3.63) is 30.3 Å². The summed E-state index contributed by atoms with van der Waals surface area (Å²) < 4.78 is 27.8. The van der Waals surface area contributed by atoms with Crippen LogP contribution >= 0.6 is 11.8 Å². The van der Waals surface area contributed by atoms with Gasteiger partial charge in [-0.25, -0.2) is 8.42 Å². The van der Waals surface area contributed by atoms with E-state index in [9.17, 15) is 18.0 Å². The van der Waals surface area contributed by atoms with E-state index in [2.05, 4.69) is 5.32 Å². The zero-order chi connectivity index (χ0) is 16.9. The van der Waals surface area contributed by atoms with Crippen molar-refractivity contribution in [1.29, 1.82) is 0 Å². The molecule has 1 amide bonds. The minimum atomic E-state index is -2.95. The molecule has 0 bridgehead atoms. The lowest BCUT2D eigenvalue weighted by atomic mass is 10.3. The molecule has 1 aromatic rings. The van der Waals surface area contributed by atoms with Crippen LogP contribution in [0.5, 0.6) is 0 Å². The number of amides is 1. The summed E-state index contributed by atoms with van der Waals surface area (Å²) in [7, 11) is -2.95. The van der Waals surface area contributed by atoms with Crippen molar-refractivity contribution in [2.24, 2.45) is 0 Å². The molecule has 0 spiro atoms. The second kappa shape index (κ2) is 7.83. The van der Waals surface area contributed by atoms with Gasteiger partial charge in [0.05, 0.1) is 17.3 Å². The van der Waals surface area contributed by atoms with Crippen LogP contribution in [0.15, 0.2) is 30.3 Å². The summed E-state index contributed by atoms with van der Waals surface area (Å²) in [5.74, 6) is -0.596. The van der Waals surface area contributed by atoms with Crippen LogP contribution in [0.1, 0.15) is 13.3 Å². The Morgan fingerprint density at radius 3 is 2.65 bits per heavy atom. The van der Waals surface area contributed by atoms with Gasteiger partial charge in [0.15, 0.2) is 15.9 Å². The van der Waals surface area contributed by atoms with Crippen LogP contribution < -0.4 is 5.32 Å². The number of esters is 1. The Morgan fingerprint density at radius 1 is 1.35 bits per heavy atom. The van der Waals surface area contributed by atoms with E-state index in [0.29, 0.717) is 12.1 Å². The standard InChI is InChI=1S/C15H19NO5S2/c1-11(15(18)16-12-5-3-2-4-6-12)21-14(17)9-22-13-7-8-23(19,20)10-13/h2-6,11,13H,7-10H2,1H3,(H,16,18)/t11-,13-/m0/s1. The highest BCUT2D eigenvalue weighted by atomic mass is 32.2. The Kier molecular flexibility index (Phi) is 6.06. The van der Waals surface area contributed by atoms with Crippen LogP contribution in [-0.2, 0) is 24.2 Å². The molecule has 1 aliphatic heterocycles. The minimum Gasteiger partial charge on any atom is -0.452 e. The van der Waals surface area contributed by atoms with Gasteiger partial charge in [-0.15, -0.1) is 11.8 Å². The van der Waals surface area contributed by atoms with E-state index in [0.717, 1.165) is 0 Å². The fraction of sp³-hybridized carbons (Fsp3) is 0.467. The molecule has 2 atom stereocenters. The third-order valence-electron chi connectivity index (χ3n) is 3.35. The SMILES string of the molecule is C[C@H](OC(=O)CS[C@H]1CCS(=O)(=O)C1)C(=O)Nc1ccccc1. The zero-order valence-corrected chi connectivity index (χ0v) is 14.4. The molecule has 0 radical (unpaired) electrons. The van der Waals surface area contributed by atoms with Crippen LogP contribution in [0.2, 0.25) is 0 Å². The van der Waals surface area contributed by atoms with Crippen molar-refractivity contribution in [2.75, 3.05) is 22.6 Å². The molecule has 1 aromatic carbocycles. The number of hydrogen-bond acceptors (Lipinski definition) is 6. The van der Waals surface area contributed by atoms with E-state index in [1.807, 2.05) is 6.07 Å². The maximum absolute atomic E-state index is 11.9. The second-order valence-corrected chi connectivity index (χ2v) is 8.84. The zero-order valence-electron chi connectivity index (χ0n) is 12.7. The van der Waals surface area contributed by atoms with Gasteiger partial charge in [-0.1, -0.05) is 18.2 Å². The van der Waals surface area contributed by atoms with E-state index in [1.165, 1.54) is 18.7 Å². The normalized spacial score (nSPS) is 20.7. The molecule has 0 saturated carbocycles. The Balaban J connectivity index is 1.73. The molecular formula is C15H19NO5S2. The highest BCUT2D eigenvalue weighted by Crippen LogP contribution is 2.24. The Morgan fingerprint density at radius 2 is 2.04 bits per heavy atom. The number of para-hydroxylation sites is 1. The predicted octanol–water partition coefficient (Wildman–Crippen LogP) is 1.48. The summed E-state index contributed by atoms with van der Waals surface area (Å²) in [5.41, 5.74) is 0.630. The van der Waals surface area contributed by atoms with Gasteiger partial charge in [0, 0.05) is 10.9 Å². The first-order chi connectivity index (χ1) is 10.9. The van der Waals surface area contributed by atoms with E-state index in [1.54, 1.807) is 24.3 Å². The number of carbonyl (C=O) groups excluding carboxylic acids is 2. The quantitative estimate of drug-likeness (QED) is 0.776. The Hall–Kier alpha value is -1.54. The fourth-order valence-corrected chi connectivity index (χ4v) is 5.55. The van der Waals surface area contributed by atoms with Crippen LogP contribution in [0.3, 0.4) is 0 Å². The molecule has 0 aliphatic carbocycles. The molecule has 23 heavy (non-hydrogen) atoms. The van der Waals surface area contributed by atoms with Gasteiger partial charge < -0.3 is 10.1 Å². The summed E-state index contributed by atoms with van der Waals surface area (Å²) in [6.45, 7) is 1.50. The number of ether oxygens (including phenoxy) is 1. The highest BCUT2D eigenvalue weighted by molar-refractivity contribution is 8.02. The Bertz CT molecular complexity index is 660. The van der Waals surface area contributed by atoms with E-state index in [-0.39, 0.29) is 22.5 Å². The molecule has 1 heterocycles. The Labute approximate surface area is 139 Å². The monoisotopic (exact) mass is 357 g/mol. The summed E-state index contributed by atoms with van der Waals surface area (Å²) in [5, 5.41) is 2.58. The lowest BCUT2D eigenvalue weighted by Gasteiger charge is -2.14. The topological polar surface area (TPSA) is 89.5 Å². The number of rotatable bonds is 6. The summed E-state index contributed by atoms with van der Waals surface area (Å²) >= 11 is 1.27. The van der Waals surface area contributed by atoms with Gasteiger partial charge in [0.25, 0.3) is 5.91 Å². The maximum Gasteiger partial charge on any atom is 0.316 e. The molecule has 1 aliphatic rings. The molecule has 126 valence electrons. The molecular weight excluding hydrogens is 338 g/mol. The number of nitrogens with one attached hydrogen (secondary N) is 1. The van der Waals surface area contributed by atoms with Crippen LogP contribution in [0, 0.1) is 0 Å². The number of benzene rings is 1. The minimum absolute atomic E-state index is 0.0448. The van der Waals surface area contributed by atoms with Crippen LogP contribution in [-0.4, -0.2) is 48.9 Å². The number of sulfone groups is 1. The highest BCUT2D eigenvalue weighted by Gasteiger charge is 2.29. The van der Waals surface area contributed by atoms with Crippen molar-refractivity contribution in [1.82, 2.24) is 0 Å². The molecule has 0 unspecified atom stereocenters. The molecule has 8 heteroatoms. The molecule has 2 rings (SSSR count). The average molecular weight is 357 g/mol. The van der Waals surface area contributed by atoms with Crippen molar-refractivity contribution >= 4 is 39.2 Å². The number of anilines is 1. The first kappa shape index (κ1) is 17.8. The molecule has 1 N–H and O–H groups in total. The fourth-order valence-electron chi connectivity index (χ4n) is 2.13. The summed E-state index contributed by atoms with van der Waals surface area (Å²) in [6.07, 6.45) is -0.347. The van der Waals surface area contributed by atoms with Crippen LogP contribution in [0.25, 0.3) is 0 Å². The van der Waals surface area contributed by atoms with Gasteiger partial charge >= 0.3 is 5.97 Å². The maximum atomic E-state index is 11.9. The first-order valence-corrected chi connectivity index (χ1v) is 10.1. The lowest BCUT2D eigenvalue weighted by Crippen LogP contribution is -2.30. The predicted molar refractivity (Wildman–Crippen MR) is 90.1 cm³/mol. The van der Waals surface area contributed by atoms with Crippen molar-refractivity contribution in [3.63, 3.8) is 0 Å². The van der Waals surface area contributed by atoms with Gasteiger partial charge in [-0.3, -0.25) is 9.59 Å². The summed E-state index contributed by atoms with van der Waals surface area (Å²) in [4.78, 5) is 23.7. The molecule has 6 nitrogen and oxygen atoms in total. The lowest BCUT2D eigenvalue weighted by molar-refractivity contribution is -0.150. The summed E-state index contributed by atoms with van der Waals surface area (Å²) in [6, 6.07) is 8.89. The van der Waals surface area contributed by atoms with E-state index >= 15 is 0 Å². The van der Waals surface area contributed by atoms with Gasteiger partial charge in [-0.05, 0) is 25.5 Å². The third kappa shape index (κ3) is 5.87. The molecule has 1 saturated heterocycles. The molecule has 1 fully saturated rings.